The average molecular weight is 287 g/mol. The molecule has 0 radical (unpaired) electrons. The van der Waals surface area contributed by atoms with Gasteiger partial charge in [-0.25, -0.2) is 0 Å². The summed E-state index contributed by atoms with van der Waals surface area (Å²) in [4.78, 5) is 2.86. The van der Waals surface area contributed by atoms with Crippen molar-refractivity contribution >= 4 is 11.3 Å². The quantitative estimate of drug-likeness (QED) is 0.800. The van der Waals surface area contributed by atoms with Crippen molar-refractivity contribution in [2.24, 2.45) is 5.92 Å². The number of thiophene rings is 1. The van der Waals surface area contributed by atoms with Gasteiger partial charge in [0.25, 0.3) is 0 Å². The van der Waals surface area contributed by atoms with Crippen LogP contribution in [0.3, 0.4) is 0 Å². The predicted molar refractivity (Wildman–Crippen MR) is 89.3 cm³/mol. The third-order valence-electron chi connectivity index (χ3n) is 3.51. The lowest BCUT2D eigenvalue weighted by Crippen LogP contribution is -2.11. The van der Waals surface area contributed by atoms with Gasteiger partial charge in [0.1, 0.15) is 0 Å². The fourth-order valence-corrected chi connectivity index (χ4v) is 3.35. The molecular weight excluding hydrogens is 262 g/mol. The van der Waals surface area contributed by atoms with Crippen molar-refractivity contribution in [2.75, 3.05) is 0 Å². The van der Waals surface area contributed by atoms with Crippen LogP contribution in [0.4, 0.5) is 0 Å². The fraction of sp³-hybridized carbons (Fsp3) is 0.444. The topological polar surface area (TPSA) is 12.0 Å². The van der Waals surface area contributed by atoms with Crippen molar-refractivity contribution < 1.29 is 0 Å². The van der Waals surface area contributed by atoms with E-state index >= 15 is 0 Å². The smallest absolute Gasteiger partial charge is 0.0303 e. The van der Waals surface area contributed by atoms with Gasteiger partial charge in [-0.3, -0.25) is 0 Å². The summed E-state index contributed by atoms with van der Waals surface area (Å²) in [5.41, 5.74) is 4.21. The van der Waals surface area contributed by atoms with Gasteiger partial charge in [-0.15, -0.1) is 11.3 Å². The Morgan fingerprint density at radius 1 is 1.00 bits per heavy atom. The lowest BCUT2D eigenvalue weighted by molar-refractivity contribution is 0.646. The molecule has 0 saturated heterocycles. The Morgan fingerprint density at radius 3 is 2.20 bits per heavy atom. The maximum absolute atomic E-state index is 3.53. The Bertz CT molecular complexity index is 518. The molecule has 108 valence electrons. The summed E-state index contributed by atoms with van der Waals surface area (Å²) in [6, 6.07) is 11.3. The highest BCUT2D eigenvalue weighted by atomic mass is 32.1. The van der Waals surface area contributed by atoms with E-state index in [1.54, 1.807) is 0 Å². The Labute approximate surface area is 127 Å². The minimum atomic E-state index is 0.726. The minimum Gasteiger partial charge on any atom is -0.308 e. The van der Waals surface area contributed by atoms with Crippen molar-refractivity contribution in [3.63, 3.8) is 0 Å². The largest absolute Gasteiger partial charge is 0.308 e. The van der Waals surface area contributed by atoms with Gasteiger partial charge in [-0.05, 0) is 48.9 Å². The molecule has 0 spiro atoms. The van der Waals surface area contributed by atoms with Gasteiger partial charge in [0.15, 0.2) is 0 Å². The van der Waals surface area contributed by atoms with Crippen LogP contribution in [-0.4, -0.2) is 0 Å². The second-order valence-corrected chi connectivity index (χ2v) is 7.31. The van der Waals surface area contributed by atoms with Gasteiger partial charge < -0.3 is 5.32 Å². The fourth-order valence-electron chi connectivity index (χ4n) is 2.33. The second-order valence-electron chi connectivity index (χ2n) is 5.97. The van der Waals surface area contributed by atoms with Gasteiger partial charge in [0.2, 0.25) is 0 Å². The van der Waals surface area contributed by atoms with Crippen LogP contribution >= 0.6 is 11.3 Å². The van der Waals surface area contributed by atoms with E-state index in [2.05, 4.69) is 63.3 Å². The van der Waals surface area contributed by atoms with E-state index in [1.165, 1.54) is 32.9 Å². The molecule has 1 aromatic carbocycles. The summed E-state index contributed by atoms with van der Waals surface area (Å²) in [6.45, 7) is 10.8. The van der Waals surface area contributed by atoms with Crippen molar-refractivity contribution in [3.05, 3.63) is 56.8 Å². The number of rotatable bonds is 6. The van der Waals surface area contributed by atoms with Crippen molar-refractivity contribution in [2.45, 2.75) is 47.2 Å². The van der Waals surface area contributed by atoms with Crippen LogP contribution in [0.2, 0.25) is 0 Å². The van der Waals surface area contributed by atoms with E-state index in [9.17, 15) is 0 Å². The zero-order valence-corrected chi connectivity index (χ0v) is 13.8. The van der Waals surface area contributed by atoms with Crippen LogP contribution in [0.5, 0.6) is 0 Å². The van der Waals surface area contributed by atoms with Crippen LogP contribution in [-0.2, 0) is 19.5 Å². The SMILES string of the molecule is Cc1cc(CNCc2ccc(CC(C)C)cc2)sc1C. The van der Waals surface area contributed by atoms with Gasteiger partial charge in [-0.1, -0.05) is 38.1 Å². The Kier molecular flexibility index (Phi) is 5.38. The normalized spacial score (nSPS) is 11.2. The molecule has 0 unspecified atom stereocenters. The maximum atomic E-state index is 3.53. The highest BCUT2D eigenvalue weighted by Crippen LogP contribution is 2.20. The first-order valence-electron chi connectivity index (χ1n) is 7.39. The minimum absolute atomic E-state index is 0.726. The van der Waals surface area contributed by atoms with Gasteiger partial charge >= 0.3 is 0 Å². The van der Waals surface area contributed by atoms with Crippen molar-refractivity contribution in [1.82, 2.24) is 5.32 Å². The van der Waals surface area contributed by atoms with Crippen molar-refractivity contribution in [3.8, 4) is 0 Å². The van der Waals surface area contributed by atoms with Crippen LogP contribution in [0.1, 0.15) is 40.3 Å². The average Bonchev–Trinajstić information content (AvgIpc) is 2.70. The number of hydrogen-bond acceptors (Lipinski definition) is 2. The Balaban J connectivity index is 1.82. The molecule has 0 aliphatic rings. The molecule has 1 nitrogen and oxygen atoms in total. The Hall–Kier alpha value is -1.12. The number of aryl methyl sites for hydroxylation is 2. The summed E-state index contributed by atoms with van der Waals surface area (Å²) in [6.07, 6.45) is 1.17. The second kappa shape index (κ2) is 7.05. The third kappa shape index (κ3) is 4.46. The maximum Gasteiger partial charge on any atom is 0.0303 e. The number of hydrogen-bond donors (Lipinski definition) is 1. The summed E-state index contributed by atoms with van der Waals surface area (Å²) in [5.74, 6) is 0.726. The molecule has 0 saturated carbocycles. The molecular formula is C18H25NS. The van der Waals surface area contributed by atoms with E-state index in [1.807, 2.05) is 11.3 Å². The molecule has 2 heteroatoms. The summed E-state index contributed by atoms with van der Waals surface area (Å²) < 4.78 is 0. The molecule has 0 fully saturated rings. The van der Waals surface area contributed by atoms with Crippen LogP contribution in [0.15, 0.2) is 30.3 Å². The summed E-state index contributed by atoms with van der Waals surface area (Å²) in [5, 5.41) is 3.53. The standard InChI is InChI=1S/C18H25NS/c1-13(2)9-16-5-7-17(8-6-16)11-19-12-18-10-14(3)15(4)20-18/h5-8,10,13,19H,9,11-12H2,1-4H3. The molecule has 1 heterocycles. The van der Waals surface area contributed by atoms with Crippen LogP contribution in [0.25, 0.3) is 0 Å². The molecule has 1 aromatic heterocycles. The monoisotopic (exact) mass is 287 g/mol. The molecule has 0 aliphatic carbocycles. The zero-order chi connectivity index (χ0) is 14.5. The third-order valence-corrected chi connectivity index (χ3v) is 4.66. The molecule has 20 heavy (non-hydrogen) atoms. The lowest BCUT2D eigenvalue weighted by Gasteiger charge is -2.07. The first kappa shape index (κ1) is 15.3. The van der Waals surface area contributed by atoms with Gasteiger partial charge in [-0.2, -0.15) is 0 Å². The van der Waals surface area contributed by atoms with Gasteiger partial charge in [0, 0.05) is 22.8 Å². The molecule has 2 aromatic rings. The highest BCUT2D eigenvalue weighted by Gasteiger charge is 2.02. The van der Waals surface area contributed by atoms with Crippen LogP contribution < -0.4 is 5.32 Å². The zero-order valence-electron chi connectivity index (χ0n) is 13.0. The molecule has 2 rings (SSSR count). The molecule has 1 N–H and O–H groups in total. The summed E-state index contributed by atoms with van der Waals surface area (Å²) in [7, 11) is 0. The van der Waals surface area contributed by atoms with E-state index in [0.717, 1.165) is 19.0 Å². The summed E-state index contributed by atoms with van der Waals surface area (Å²) >= 11 is 1.90. The van der Waals surface area contributed by atoms with Crippen molar-refractivity contribution in [1.29, 1.82) is 0 Å². The first-order chi connectivity index (χ1) is 9.54. The highest BCUT2D eigenvalue weighted by molar-refractivity contribution is 7.12. The molecule has 0 amide bonds. The number of nitrogens with one attached hydrogen (secondary N) is 1. The molecule has 0 bridgehead atoms. The first-order valence-corrected chi connectivity index (χ1v) is 8.20. The lowest BCUT2D eigenvalue weighted by atomic mass is 10.0. The van der Waals surface area contributed by atoms with E-state index in [-0.39, 0.29) is 0 Å². The van der Waals surface area contributed by atoms with Crippen LogP contribution in [0, 0.1) is 19.8 Å². The van der Waals surface area contributed by atoms with E-state index in [0.29, 0.717) is 0 Å². The Morgan fingerprint density at radius 2 is 1.65 bits per heavy atom. The predicted octanol–water partition coefficient (Wildman–Crippen LogP) is 4.85. The van der Waals surface area contributed by atoms with Gasteiger partial charge in [0.05, 0.1) is 0 Å². The van der Waals surface area contributed by atoms with E-state index < -0.39 is 0 Å². The number of benzene rings is 1. The van der Waals surface area contributed by atoms with E-state index in [4.69, 9.17) is 0 Å². The molecule has 0 aliphatic heterocycles. The molecule has 0 atom stereocenters.